The Balaban J connectivity index is 1.64. The summed E-state index contributed by atoms with van der Waals surface area (Å²) in [5.41, 5.74) is 2.58. The number of nitrogens with zero attached hydrogens (tertiary/aromatic N) is 2. The molecule has 0 aliphatic rings. The molecule has 0 atom stereocenters. The zero-order chi connectivity index (χ0) is 26.1. The van der Waals surface area contributed by atoms with Crippen LogP contribution in [-0.4, -0.2) is 43.1 Å². The number of hydrogen-bond donors (Lipinski definition) is 2. The van der Waals surface area contributed by atoms with Crippen molar-refractivity contribution < 1.29 is 33.5 Å². The second-order valence-electron chi connectivity index (χ2n) is 6.95. The van der Waals surface area contributed by atoms with Crippen LogP contribution in [0.25, 0.3) is 0 Å². The molecular formula is C24H20N4O8. The average molecular weight is 492 g/mol. The van der Waals surface area contributed by atoms with E-state index in [2.05, 4.69) is 15.8 Å². The van der Waals surface area contributed by atoms with Crippen LogP contribution in [0.4, 0.5) is 11.4 Å². The minimum absolute atomic E-state index is 0.102. The lowest BCUT2D eigenvalue weighted by atomic mass is 10.2. The van der Waals surface area contributed by atoms with Gasteiger partial charge in [-0.15, -0.1) is 0 Å². The van der Waals surface area contributed by atoms with Gasteiger partial charge in [0.2, 0.25) is 0 Å². The van der Waals surface area contributed by atoms with E-state index in [0.29, 0.717) is 17.1 Å². The van der Waals surface area contributed by atoms with E-state index in [-0.39, 0.29) is 22.7 Å². The molecule has 12 heteroatoms. The number of ether oxygens (including phenoxy) is 3. The molecule has 3 rings (SSSR count). The minimum Gasteiger partial charge on any atom is -0.497 e. The van der Waals surface area contributed by atoms with Crippen molar-refractivity contribution in [3.8, 4) is 17.2 Å². The van der Waals surface area contributed by atoms with E-state index in [4.69, 9.17) is 14.2 Å². The molecule has 12 nitrogen and oxygen atoms in total. The lowest BCUT2D eigenvalue weighted by molar-refractivity contribution is -0.384. The van der Waals surface area contributed by atoms with Crippen molar-refractivity contribution >= 4 is 35.4 Å². The second-order valence-corrected chi connectivity index (χ2v) is 6.95. The van der Waals surface area contributed by atoms with Gasteiger partial charge in [0.05, 0.1) is 36.6 Å². The van der Waals surface area contributed by atoms with Gasteiger partial charge in [0, 0.05) is 23.8 Å². The third-order valence-corrected chi connectivity index (χ3v) is 4.67. The maximum atomic E-state index is 12.4. The number of para-hydroxylation sites is 1. The van der Waals surface area contributed by atoms with Crippen LogP contribution in [0.2, 0.25) is 0 Å². The fourth-order valence-electron chi connectivity index (χ4n) is 2.86. The Bertz CT molecular complexity index is 1320. The highest BCUT2D eigenvalue weighted by molar-refractivity contribution is 6.39. The Kier molecular flexibility index (Phi) is 8.27. The largest absolute Gasteiger partial charge is 0.497 e. The molecule has 2 N–H and O–H groups in total. The number of non-ortho nitro benzene ring substituents is 1. The number of methoxy groups -OCH3 is 2. The van der Waals surface area contributed by atoms with E-state index >= 15 is 0 Å². The van der Waals surface area contributed by atoms with E-state index < -0.39 is 22.7 Å². The molecule has 0 aliphatic heterocycles. The highest BCUT2D eigenvalue weighted by Crippen LogP contribution is 2.28. The molecule has 0 fully saturated rings. The fourth-order valence-corrected chi connectivity index (χ4v) is 2.86. The van der Waals surface area contributed by atoms with Gasteiger partial charge in [0.15, 0.2) is 0 Å². The van der Waals surface area contributed by atoms with Gasteiger partial charge in [0.1, 0.15) is 17.2 Å². The van der Waals surface area contributed by atoms with Crippen LogP contribution in [0.1, 0.15) is 15.9 Å². The number of nitro benzene ring substituents is 1. The molecule has 0 radical (unpaired) electrons. The summed E-state index contributed by atoms with van der Waals surface area (Å²) in [6.45, 7) is 0. The van der Waals surface area contributed by atoms with E-state index in [1.165, 1.54) is 56.8 Å². The van der Waals surface area contributed by atoms with E-state index in [1.807, 2.05) is 0 Å². The summed E-state index contributed by atoms with van der Waals surface area (Å²) in [5, 5.41) is 16.9. The van der Waals surface area contributed by atoms with Crippen molar-refractivity contribution in [2.45, 2.75) is 0 Å². The first-order valence-corrected chi connectivity index (χ1v) is 10.2. The maximum absolute atomic E-state index is 12.4. The average Bonchev–Trinajstić information content (AvgIpc) is 2.89. The van der Waals surface area contributed by atoms with E-state index in [0.717, 1.165) is 0 Å². The third-order valence-electron chi connectivity index (χ3n) is 4.67. The molecule has 0 bridgehead atoms. The smallest absolute Gasteiger partial charge is 0.343 e. The van der Waals surface area contributed by atoms with Gasteiger partial charge in [-0.25, -0.2) is 10.2 Å². The molecule has 0 saturated carbocycles. The maximum Gasteiger partial charge on any atom is 0.343 e. The molecule has 3 aromatic rings. The van der Waals surface area contributed by atoms with Crippen LogP contribution in [0.5, 0.6) is 17.2 Å². The predicted octanol–water partition coefficient (Wildman–Crippen LogP) is 2.92. The van der Waals surface area contributed by atoms with E-state index in [1.54, 1.807) is 30.3 Å². The van der Waals surface area contributed by atoms with Gasteiger partial charge >= 0.3 is 17.8 Å². The van der Waals surface area contributed by atoms with Crippen molar-refractivity contribution in [1.82, 2.24) is 5.43 Å². The van der Waals surface area contributed by atoms with Gasteiger partial charge in [-0.2, -0.15) is 5.10 Å². The monoisotopic (exact) mass is 492 g/mol. The first-order valence-electron chi connectivity index (χ1n) is 10.2. The molecular weight excluding hydrogens is 472 g/mol. The number of carbonyl (C=O) groups is 3. The number of hydrazone groups is 1. The number of rotatable bonds is 8. The van der Waals surface area contributed by atoms with Crippen LogP contribution >= 0.6 is 0 Å². The zero-order valence-corrected chi connectivity index (χ0v) is 19.1. The van der Waals surface area contributed by atoms with Crippen LogP contribution in [0, 0.1) is 10.1 Å². The fraction of sp³-hybridized carbons (Fsp3) is 0.0833. The Morgan fingerprint density at radius 1 is 0.917 bits per heavy atom. The Morgan fingerprint density at radius 3 is 2.31 bits per heavy atom. The summed E-state index contributed by atoms with van der Waals surface area (Å²) in [6.07, 6.45) is 1.19. The lowest BCUT2D eigenvalue weighted by Gasteiger charge is -2.11. The summed E-state index contributed by atoms with van der Waals surface area (Å²) in [5.74, 6) is -1.92. The van der Waals surface area contributed by atoms with Crippen molar-refractivity contribution in [2.75, 3.05) is 19.5 Å². The number of nitrogens with one attached hydrogen (secondary N) is 2. The molecule has 184 valence electrons. The molecule has 0 aromatic heterocycles. The Labute approximate surface area is 204 Å². The standard InChI is InChI=1S/C24H20N4O8/c1-34-18-11-12-21(35-2)19(13-18)26-22(29)23(30)27-25-14-16-5-3-4-6-20(16)36-24(31)15-7-9-17(10-8-15)28(32)33/h3-14H,1-2H3,(H,26,29)(H,27,30)/b25-14+. The second kappa shape index (κ2) is 11.7. The Hall–Kier alpha value is -5.26. The number of anilines is 1. The normalized spacial score (nSPS) is 10.4. The van der Waals surface area contributed by atoms with Crippen molar-refractivity contribution in [2.24, 2.45) is 5.10 Å². The molecule has 0 spiro atoms. The lowest BCUT2D eigenvalue weighted by Crippen LogP contribution is -2.32. The molecule has 0 heterocycles. The third kappa shape index (κ3) is 6.41. The number of nitro groups is 1. The van der Waals surface area contributed by atoms with E-state index in [9.17, 15) is 24.5 Å². The predicted molar refractivity (Wildman–Crippen MR) is 128 cm³/mol. The summed E-state index contributed by atoms with van der Waals surface area (Å²) in [7, 11) is 2.86. The number of amides is 2. The molecule has 0 unspecified atom stereocenters. The van der Waals surface area contributed by atoms with Gasteiger partial charge in [0.25, 0.3) is 5.69 Å². The molecule has 0 saturated heterocycles. The van der Waals surface area contributed by atoms with Crippen LogP contribution in [0.3, 0.4) is 0 Å². The van der Waals surface area contributed by atoms with Crippen LogP contribution in [-0.2, 0) is 9.59 Å². The Morgan fingerprint density at radius 2 is 1.64 bits per heavy atom. The summed E-state index contributed by atoms with van der Waals surface area (Å²) in [6, 6.07) is 15.9. The molecule has 0 aliphatic carbocycles. The van der Waals surface area contributed by atoms with Gasteiger partial charge < -0.3 is 19.5 Å². The number of hydrogen-bond acceptors (Lipinski definition) is 9. The minimum atomic E-state index is -1.06. The number of benzene rings is 3. The van der Waals surface area contributed by atoms with Crippen LogP contribution < -0.4 is 25.0 Å². The van der Waals surface area contributed by atoms with Crippen molar-refractivity contribution in [1.29, 1.82) is 0 Å². The SMILES string of the molecule is COc1ccc(OC)c(NC(=O)C(=O)N/N=C/c2ccccc2OC(=O)c2ccc([N+](=O)[O-])cc2)c1. The molecule has 2 amide bonds. The summed E-state index contributed by atoms with van der Waals surface area (Å²) >= 11 is 0. The summed E-state index contributed by atoms with van der Waals surface area (Å²) < 4.78 is 15.6. The first-order chi connectivity index (χ1) is 17.3. The molecule has 36 heavy (non-hydrogen) atoms. The number of esters is 1. The first kappa shape index (κ1) is 25.4. The van der Waals surface area contributed by atoms with Crippen molar-refractivity contribution in [3.05, 3.63) is 88.0 Å². The van der Waals surface area contributed by atoms with Gasteiger partial charge in [-0.1, -0.05) is 12.1 Å². The number of carbonyl (C=O) groups excluding carboxylic acids is 3. The van der Waals surface area contributed by atoms with Crippen LogP contribution in [0.15, 0.2) is 71.8 Å². The van der Waals surface area contributed by atoms with Gasteiger partial charge in [-0.05, 0) is 36.4 Å². The van der Waals surface area contributed by atoms with Gasteiger partial charge in [-0.3, -0.25) is 19.7 Å². The molecule has 3 aromatic carbocycles. The zero-order valence-electron chi connectivity index (χ0n) is 19.1. The van der Waals surface area contributed by atoms with Crippen molar-refractivity contribution in [3.63, 3.8) is 0 Å². The highest BCUT2D eigenvalue weighted by atomic mass is 16.6. The quantitative estimate of drug-likeness (QED) is 0.121. The highest BCUT2D eigenvalue weighted by Gasteiger charge is 2.17. The summed E-state index contributed by atoms with van der Waals surface area (Å²) in [4.78, 5) is 47.0. The topological polar surface area (TPSA) is 158 Å².